The van der Waals surface area contributed by atoms with Gasteiger partial charge in [-0.3, -0.25) is 0 Å². The highest BCUT2D eigenvalue weighted by Gasteiger charge is 2.27. The molecule has 1 aromatic rings. The lowest BCUT2D eigenvalue weighted by atomic mass is 10.1. The Morgan fingerprint density at radius 3 is 2.56 bits per heavy atom. The van der Waals surface area contributed by atoms with E-state index >= 15 is 0 Å². The molecule has 6 heteroatoms. The molecule has 0 radical (unpaired) electrons. The molecule has 0 saturated heterocycles. The van der Waals surface area contributed by atoms with E-state index in [4.69, 9.17) is 14.6 Å². The fraction of sp³-hybridized carbons (Fsp3) is 0.300. The summed E-state index contributed by atoms with van der Waals surface area (Å²) in [5.41, 5.74) is -0.0106. The first-order chi connectivity index (χ1) is 7.61. The Kier molecular flexibility index (Phi) is 2.66. The number of benzene rings is 1. The van der Waals surface area contributed by atoms with E-state index in [9.17, 15) is 14.3 Å². The summed E-state index contributed by atoms with van der Waals surface area (Å²) in [5, 5.41) is 18.1. The minimum atomic E-state index is -1.75. The van der Waals surface area contributed by atoms with Crippen LogP contribution in [0.1, 0.15) is 11.7 Å². The Labute approximate surface area is 90.0 Å². The van der Waals surface area contributed by atoms with Crippen molar-refractivity contribution >= 4 is 5.97 Å². The predicted octanol–water partition coefficient (Wildman–Crippen LogP) is 0.715. The minimum absolute atomic E-state index is 0.0106. The maximum atomic E-state index is 13.3. The predicted molar refractivity (Wildman–Crippen MR) is 50.0 cm³/mol. The van der Waals surface area contributed by atoms with Gasteiger partial charge in [-0.2, -0.15) is 0 Å². The standard InChI is InChI=1S/C10H9FO5/c11-6-2-1-5(7(12)10(13)14)8-9(6)16-4-3-15-8/h1-2,7,12H,3-4H2,(H,13,14). The second-order valence-electron chi connectivity index (χ2n) is 3.23. The van der Waals surface area contributed by atoms with E-state index in [1.807, 2.05) is 0 Å². The highest BCUT2D eigenvalue weighted by atomic mass is 19.1. The van der Waals surface area contributed by atoms with E-state index in [2.05, 4.69) is 0 Å². The number of ether oxygens (including phenoxy) is 2. The third kappa shape index (κ3) is 1.67. The van der Waals surface area contributed by atoms with Crippen LogP contribution in [0.3, 0.4) is 0 Å². The summed E-state index contributed by atoms with van der Waals surface area (Å²) >= 11 is 0. The van der Waals surface area contributed by atoms with Crippen molar-refractivity contribution in [3.63, 3.8) is 0 Å². The molecule has 0 aromatic heterocycles. The van der Waals surface area contributed by atoms with Crippen LogP contribution in [0.2, 0.25) is 0 Å². The van der Waals surface area contributed by atoms with Crippen LogP contribution in [-0.4, -0.2) is 29.4 Å². The number of rotatable bonds is 2. The third-order valence-electron chi connectivity index (χ3n) is 2.20. The van der Waals surface area contributed by atoms with Crippen LogP contribution in [0.4, 0.5) is 4.39 Å². The van der Waals surface area contributed by atoms with Gasteiger partial charge in [0.2, 0.25) is 0 Å². The molecule has 0 spiro atoms. The van der Waals surface area contributed by atoms with Crippen molar-refractivity contribution in [2.24, 2.45) is 0 Å². The summed E-state index contributed by atoms with van der Waals surface area (Å²) in [5.74, 6) is -2.26. The van der Waals surface area contributed by atoms with Crippen LogP contribution in [0.15, 0.2) is 12.1 Å². The maximum absolute atomic E-state index is 13.3. The van der Waals surface area contributed by atoms with Crippen molar-refractivity contribution in [3.05, 3.63) is 23.5 Å². The van der Waals surface area contributed by atoms with Crippen LogP contribution in [0.5, 0.6) is 11.5 Å². The van der Waals surface area contributed by atoms with Crippen molar-refractivity contribution in [2.45, 2.75) is 6.10 Å². The Morgan fingerprint density at radius 1 is 1.31 bits per heavy atom. The number of hydrogen-bond acceptors (Lipinski definition) is 4. The average molecular weight is 228 g/mol. The third-order valence-corrected chi connectivity index (χ3v) is 2.20. The Balaban J connectivity index is 2.50. The molecule has 1 unspecified atom stereocenters. The second-order valence-corrected chi connectivity index (χ2v) is 3.23. The summed E-state index contributed by atoms with van der Waals surface area (Å²) < 4.78 is 23.4. The molecule has 1 aromatic carbocycles. The van der Waals surface area contributed by atoms with E-state index in [-0.39, 0.29) is 30.3 Å². The zero-order chi connectivity index (χ0) is 11.7. The maximum Gasteiger partial charge on any atom is 0.337 e. The number of halogens is 1. The zero-order valence-electron chi connectivity index (χ0n) is 8.14. The van der Waals surface area contributed by atoms with Crippen molar-refractivity contribution < 1.29 is 28.9 Å². The normalized spacial score (nSPS) is 15.6. The summed E-state index contributed by atoms with van der Waals surface area (Å²) in [6, 6.07) is 2.20. The van der Waals surface area contributed by atoms with Gasteiger partial charge in [0.25, 0.3) is 0 Å². The SMILES string of the molecule is O=C(O)C(O)c1ccc(F)c2c1OCCO2. The average Bonchev–Trinajstić information content (AvgIpc) is 2.29. The number of carboxylic acids is 1. The van der Waals surface area contributed by atoms with Crippen LogP contribution >= 0.6 is 0 Å². The van der Waals surface area contributed by atoms with Crippen molar-refractivity contribution in [3.8, 4) is 11.5 Å². The van der Waals surface area contributed by atoms with Gasteiger partial charge in [0.1, 0.15) is 13.2 Å². The molecule has 0 aliphatic carbocycles. The van der Waals surface area contributed by atoms with E-state index in [1.165, 1.54) is 6.07 Å². The van der Waals surface area contributed by atoms with Crippen LogP contribution < -0.4 is 9.47 Å². The fourth-order valence-electron chi connectivity index (χ4n) is 1.47. The molecule has 86 valence electrons. The lowest BCUT2D eigenvalue weighted by Gasteiger charge is -2.22. The van der Waals surface area contributed by atoms with Gasteiger partial charge in [0.05, 0.1) is 0 Å². The molecule has 16 heavy (non-hydrogen) atoms. The molecule has 1 aliphatic heterocycles. The quantitative estimate of drug-likeness (QED) is 0.779. The molecule has 1 aliphatic rings. The van der Waals surface area contributed by atoms with Gasteiger partial charge in [-0.1, -0.05) is 0 Å². The topological polar surface area (TPSA) is 76.0 Å². The Bertz CT molecular complexity index is 431. The second kappa shape index (κ2) is 3.97. The first kappa shape index (κ1) is 10.7. The molecule has 1 heterocycles. The van der Waals surface area contributed by atoms with E-state index in [0.717, 1.165) is 6.07 Å². The number of aliphatic hydroxyl groups excluding tert-OH is 1. The number of aliphatic carboxylic acids is 1. The Hall–Kier alpha value is -1.82. The molecule has 2 N–H and O–H groups in total. The van der Waals surface area contributed by atoms with Gasteiger partial charge in [-0.25, -0.2) is 9.18 Å². The first-order valence-electron chi connectivity index (χ1n) is 4.60. The van der Waals surface area contributed by atoms with Crippen molar-refractivity contribution in [2.75, 3.05) is 13.2 Å². The van der Waals surface area contributed by atoms with Crippen LogP contribution in [0, 0.1) is 5.82 Å². The highest BCUT2D eigenvalue weighted by Crippen LogP contribution is 2.39. The smallest absolute Gasteiger partial charge is 0.337 e. The molecular formula is C10H9FO5. The largest absolute Gasteiger partial charge is 0.486 e. The number of fused-ring (bicyclic) bond motifs is 1. The molecule has 1 atom stereocenters. The van der Waals surface area contributed by atoms with Gasteiger partial charge >= 0.3 is 5.97 Å². The Morgan fingerprint density at radius 2 is 1.94 bits per heavy atom. The summed E-state index contributed by atoms with van der Waals surface area (Å²) in [6.45, 7) is 0.381. The molecule has 0 amide bonds. The van der Waals surface area contributed by atoms with Crippen molar-refractivity contribution in [1.82, 2.24) is 0 Å². The molecule has 0 saturated carbocycles. The molecule has 0 bridgehead atoms. The first-order valence-corrected chi connectivity index (χ1v) is 4.60. The van der Waals surface area contributed by atoms with E-state index < -0.39 is 17.9 Å². The monoisotopic (exact) mass is 228 g/mol. The minimum Gasteiger partial charge on any atom is -0.486 e. The van der Waals surface area contributed by atoms with Gasteiger partial charge < -0.3 is 19.7 Å². The zero-order valence-corrected chi connectivity index (χ0v) is 8.14. The lowest BCUT2D eigenvalue weighted by Crippen LogP contribution is -2.20. The lowest BCUT2D eigenvalue weighted by molar-refractivity contribution is -0.147. The van der Waals surface area contributed by atoms with Crippen LogP contribution in [0.25, 0.3) is 0 Å². The molecule has 0 fully saturated rings. The summed E-state index contributed by atoms with van der Waals surface area (Å²) in [6.07, 6.45) is -1.75. The molecule has 5 nitrogen and oxygen atoms in total. The van der Waals surface area contributed by atoms with Gasteiger partial charge in [0, 0.05) is 5.56 Å². The van der Waals surface area contributed by atoms with E-state index in [0.29, 0.717) is 0 Å². The van der Waals surface area contributed by atoms with Gasteiger partial charge in [0.15, 0.2) is 23.4 Å². The number of carbonyl (C=O) groups is 1. The van der Waals surface area contributed by atoms with Gasteiger partial charge in [-0.05, 0) is 12.1 Å². The summed E-state index contributed by atoms with van der Waals surface area (Å²) in [7, 11) is 0. The van der Waals surface area contributed by atoms with E-state index in [1.54, 1.807) is 0 Å². The van der Waals surface area contributed by atoms with Crippen molar-refractivity contribution in [1.29, 1.82) is 0 Å². The summed E-state index contributed by atoms with van der Waals surface area (Å²) in [4.78, 5) is 10.6. The number of hydrogen-bond donors (Lipinski definition) is 2. The van der Waals surface area contributed by atoms with Gasteiger partial charge in [-0.15, -0.1) is 0 Å². The number of aliphatic hydroxyl groups is 1. The molecule has 2 rings (SSSR count). The highest BCUT2D eigenvalue weighted by molar-refractivity contribution is 5.76. The number of carboxylic acid groups (broad SMARTS) is 1. The van der Waals surface area contributed by atoms with Crippen LogP contribution in [-0.2, 0) is 4.79 Å². The fourth-order valence-corrected chi connectivity index (χ4v) is 1.47. The molecular weight excluding hydrogens is 219 g/mol.